The largest absolute Gasteiger partial charge is 0.270 e. The summed E-state index contributed by atoms with van der Waals surface area (Å²) in [5.74, 6) is 0.198. The lowest BCUT2D eigenvalue weighted by Crippen LogP contribution is -2.11. The van der Waals surface area contributed by atoms with Gasteiger partial charge in [-0.3, -0.25) is 4.18 Å². The molecule has 4 heteroatoms. The van der Waals surface area contributed by atoms with Gasteiger partial charge in [-0.1, -0.05) is 194 Å². The first-order chi connectivity index (χ1) is 18.6. The van der Waals surface area contributed by atoms with Crippen molar-refractivity contribution in [3.8, 4) is 0 Å². The van der Waals surface area contributed by atoms with Crippen molar-refractivity contribution < 1.29 is 12.6 Å². The van der Waals surface area contributed by atoms with Gasteiger partial charge in [0.05, 0.1) is 12.4 Å². The van der Waals surface area contributed by atoms with Crippen LogP contribution in [0.1, 0.15) is 206 Å². The van der Waals surface area contributed by atoms with Gasteiger partial charge in [0.25, 0.3) is 10.1 Å². The minimum absolute atomic E-state index is 0.198. The average molecular weight is 559 g/mol. The highest BCUT2D eigenvalue weighted by molar-refractivity contribution is 7.86. The average Bonchev–Trinajstić information content (AvgIpc) is 2.90. The van der Waals surface area contributed by atoms with Crippen LogP contribution in [0.4, 0.5) is 0 Å². The van der Waals surface area contributed by atoms with Crippen molar-refractivity contribution in [2.24, 2.45) is 0 Å². The number of hydrogen-bond donors (Lipinski definition) is 0. The van der Waals surface area contributed by atoms with Gasteiger partial charge in [-0.15, -0.1) is 0 Å². The van der Waals surface area contributed by atoms with E-state index < -0.39 is 10.1 Å². The Balaban J connectivity index is 3.28. The molecule has 0 fully saturated rings. The van der Waals surface area contributed by atoms with E-state index in [4.69, 9.17) is 4.18 Å². The van der Waals surface area contributed by atoms with E-state index in [0.717, 1.165) is 32.1 Å². The van der Waals surface area contributed by atoms with Crippen molar-refractivity contribution in [1.82, 2.24) is 0 Å². The first-order valence-electron chi connectivity index (χ1n) is 17.5. The normalized spacial score (nSPS) is 11.9. The van der Waals surface area contributed by atoms with Crippen molar-refractivity contribution in [3.63, 3.8) is 0 Å². The fourth-order valence-electron chi connectivity index (χ4n) is 5.37. The third-order valence-electron chi connectivity index (χ3n) is 8.01. The van der Waals surface area contributed by atoms with E-state index >= 15 is 0 Å². The lowest BCUT2D eigenvalue weighted by Gasteiger charge is -2.06. The molecule has 3 nitrogen and oxygen atoms in total. The molecule has 0 saturated heterocycles. The molecule has 0 unspecified atom stereocenters. The minimum atomic E-state index is -3.32. The molecule has 0 rings (SSSR count). The molecule has 38 heavy (non-hydrogen) atoms. The zero-order chi connectivity index (χ0) is 27.8. The second-order valence-electron chi connectivity index (χ2n) is 12.0. The van der Waals surface area contributed by atoms with Crippen LogP contribution in [0, 0.1) is 0 Å². The molecule has 0 amide bonds. The van der Waals surface area contributed by atoms with E-state index in [1.807, 2.05) is 0 Å². The maximum Gasteiger partial charge on any atom is 0.267 e. The number of unbranched alkanes of at least 4 members (excludes halogenated alkanes) is 28. The van der Waals surface area contributed by atoms with E-state index in [2.05, 4.69) is 13.8 Å². The van der Waals surface area contributed by atoms with Crippen LogP contribution in [0.25, 0.3) is 0 Å². The van der Waals surface area contributed by atoms with Gasteiger partial charge in [0.2, 0.25) is 0 Å². The third kappa shape index (κ3) is 32.1. The Morgan fingerprint density at radius 1 is 0.342 bits per heavy atom. The summed E-state index contributed by atoms with van der Waals surface area (Å²) in [6.07, 6.45) is 39.2. The fraction of sp³-hybridized carbons (Fsp3) is 1.00. The van der Waals surface area contributed by atoms with Crippen LogP contribution in [-0.2, 0) is 14.3 Å². The predicted octanol–water partition coefficient (Wildman–Crippen LogP) is 12.1. The minimum Gasteiger partial charge on any atom is -0.270 e. The molecule has 0 aliphatic rings. The number of hydrogen-bond acceptors (Lipinski definition) is 3. The SMILES string of the molecule is CCCCCCCCCCCCCCCCCCOS(=O)(=O)CCCCCCCCCCCCCCCC. The summed E-state index contributed by atoms with van der Waals surface area (Å²) in [7, 11) is -3.32. The molecule has 0 aliphatic carbocycles. The van der Waals surface area contributed by atoms with Crippen molar-refractivity contribution in [2.75, 3.05) is 12.4 Å². The molecule has 0 bridgehead atoms. The first-order valence-corrected chi connectivity index (χ1v) is 19.1. The van der Waals surface area contributed by atoms with Crippen LogP contribution in [0.5, 0.6) is 0 Å². The molecule has 0 saturated carbocycles. The zero-order valence-electron chi connectivity index (χ0n) is 26.3. The summed E-state index contributed by atoms with van der Waals surface area (Å²) >= 11 is 0. The van der Waals surface area contributed by atoms with Gasteiger partial charge in [0, 0.05) is 0 Å². The highest BCUT2D eigenvalue weighted by Gasteiger charge is 2.10. The van der Waals surface area contributed by atoms with Crippen molar-refractivity contribution in [1.29, 1.82) is 0 Å². The Morgan fingerprint density at radius 3 is 0.868 bits per heavy atom. The summed E-state index contributed by atoms with van der Waals surface area (Å²) in [6.45, 7) is 4.93. The van der Waals surface area contributed by atoms with Crippen LogP contribution >= 0.6 is 0 Å². The van der Waals surface area contributed by atoms with E-state index in [9.17, 15) is 8.42 Å². The third-order valence-corrected chi connectivity index (χ3v) is 9.32. The zero-order valence-corrected chi connectivity index (χ0v) is 27.1. The highest BCUT2D eigenvalue weighted by atomic mass is 32.2. The van der Waals surface area contributed by atoms with Gasteiger partial charge < -0.3 is 0 Å². The van der Waals surface area contributed by atoms with Crippen LogP contribution < -0.4 is 0 Å². The molecule has 0 N–H and O–H groups in total. The van der Waals surface area contributed by atoms with E-state index in [-0.39, 0.29) is 5.75 Å². The van der Waals surface area contributed by atoms with Crippen LogP contribution in [-0.4, -0.2) is 20.8 Å². The Morgan fingerprint density at radius 2 is 0.579 bits per heavy atom. The molecule has 0 aromatic carbocycles. The predicted molar refractivity (Wildman–Crippen MR) is 170 cm³/mol. The Labute approximate surface area is 241 Å². The summed E-state index contributed by atoms with van der Waals surface area (Å²) in [6, 6.07) is 0. The Kier molecular flexibility index (Phi) is 31.4. The molecule has 0 aliphatic heterocycles. The maximum atomic E-state index is 12.1. The monoisotopic (exact) mass is 559 g/mol. The molecule has 0 spiro atoms. The second-order valence-corrected chi connectivity index (χ2v) is 13.7. The molecular weight excluding hydrogens is 488 g/mol. The van der Waals surface area contributed by atoms with E-state index in [1.165, 1.54) is 161 Å². The topological polar surface area (TPSA) is 43.4 Å². The van der Waals surface area contributed by atoms with Crippen molar-refractivity contribution >= 4 is 10.1 Å². The summed E-state index contributed by atoms with van der Waals surface area (Å²) in [5, 5.41) is 0. The highest BCUT2D eigenvalue weighted by Crippen LogP contribution is 2.15. The molecular formula is C34H70O3S. The van der Waals surface area contributed by atoms with Crippen LogP contribution in [0.15, 0.2) is 0 Å². The smallest absolute Gasteiger partial charge is 0.267 e. The van der Waals surface area contributed by atoms with Gasteiger partial charge in [-0.05, 0) is 12.8 Å². The van der Waals surface area contributed by atoms with Gasteiger partial charge in [0.1, 0.15) is 0 Å². The summed E-state index contributed by atoms with van der Waals surface area (Å²) < 4.78 is 29.4. The first kappa shape index (κ1) is 37.9. The van der Waals surface area contributed by atoms with Crippen LogP contribution in [0.3, 0.4) is 0 Å². The Hall–Kier alpha value is -0.0900. The fourth-order valence-corrected chi connectivity index (χ4v) is 6.42. The molecule has 0 atom stereocenters. The van der Waals surface area contributed by atoms with Crippen LogP contribution in [0.2, 0.25) is 0 Å². The van der Waals surface area contributed by atoms with E-state index in [1.54, 1.807) is 0 Å². The molecule has 0 heterocycles. The quantitative estimate of drug-likeness (QED) is 0.0594. The lowest BCUT2D eigenvalue weighted by molar-refractivity contribution is 0.305. The number of rotatable bonds is 33. The molecule has 0 aromatic heterocycles. The maximum absolute atomic E-state index is 12.1. The van der Waals surface area contributed by atoms with Gasteiger partial charge in [-0.2, -0.15) is 8.42 Å². The summed E-state index contributed by atoms with van der Waals surface area (Å²) in [4.78, 5) is 0. The summed E-state index contributed by atoms with van der Waals surface area (Å²) in [5.41, 5.74) is 0. The standard InChI is InChI=1S/C34H70O3S/c1-3-5-7-9-11-13-15-17-19-20-21-23-25-27-29-31-33-37-38(35,36)34-32-30-28-26-24-22-18-16-14-12-10-8-6-4-2/h3-34H2,1-2H3. The van der Waals surface area contributed by atoms with Crippen molar-refractivity contribution in [3.05, 3.63) is 0 Å². The van der Waals surface area contributed by atoms with Gasteiger partial charge in [0.15, 0.2) is 0 Å². The molecule has 0 radical (unpaired) electrons. The Bertz CT molecular complexity index is 532. The van der Waals surface area contributed by atoms with E-state index in [0.29, 0.717) is 6.61 Å². The second kappa shape index (κ2) is 31.4. The van der Waals surface area contributed by atoms with Crippen molar-refractivity contribution in [2.45, 2.75) is 206 Å². The molecule has 0 aromatic rings. The lowest BCUT2D eigenvalue weighted by atomic mass is 10.0. The molecule has 230 valence electrons. The van der Waals surface area contributed by atoms with Gasteiger partial charge >= 0.3 is 0 Å². The van der Waals surface area contributed by atoms with Gasteiger partial charge in [-0.25, -0.2) is 0 Å².